The molecule has 63 valence electrons. The van der Waals surface area contributed by atoms with Crippen LogP contribution in [0, 0.1) is 0 Å². The number of carbonyl (C=O) groups excluding carboxylic acids is 1. The van der Waals surface area contributed by atoms with Gasteiger partial charge in [0.2, 0.25) is 6.29 Å². The highest BCUT2D eigenvalue weighted by Gasteiger charge is 1.89. The zero-order valence-electron chi connectivity index (χ0n) is 6.62. The summed E-state index contributed by atoms with van der Waals surface area (Å²) < 4.78 is 0. The van der Waals surface area contributed by atoms with Crippen LogP contribution in [-0.4, -0.2) is 12.8 Å². The number of benzene rings is 1. The molecule has 0 amide bonds. The van der Waals surface area contributed by atoms with Crippen molar-refractivity contribution in [2.24, 2.45) is 0 Å². The van der Waals surface area contributed by atoms with Gasteiger partial charge in [-0.05, 0) is 5.56 Å². The van der Waals surface area contributed by atoms with Gasteiger partial charge in [-0.15, -0.1) is 0 Å². The number of nitrogens with one attached hydrogen (secondary N) is 1. The van der Waals surface area contributed by atoms with Gasteiger partial charge in [0.05, 0.1) is 13.2 Å². The number of hydrogen-bond donors (Lipinski definition) is 1. The van der Waals surface area contributed by atoms with E-state index in [0.717, 1.165) is 5.56 Å². The first kappa shape index (κ1) is 8.90. The topological polar surface area (TPSA) is 38.3 Å². The summed E-state index contributed by atoms with van der Waals surface area (Å²) >= 11 is 0. The first-order valence-electron chi connectivity index (χ1n) is 3.67. The van der Waals surface area contributed by atoms with Gasteiger partial charge in [0.15, 0.2) is 0 Å². The van der Waals surface area contributed by atoms with Gasteiger partial charge in [0.25, 0.3) is 0 Å². The highest BCUT2D eigenvalue weighted by molar-refractivity contribution is 5.52. The van der Waals surface area contributed by atoms with Crippen LogP contribution in [0.15, 0.2) is 30.3 Å². The van der Waals surface area contributed by atoms with Crippen molar-refractivity contribution in [3.8, 4) is 0 Å². The zero-order chi connectivity index (χ0) is 8.65. The fraction of sp³-hybridized carbons (Fsp3) is 0.222. The van der Waals surface area contributed by atoms with Crippen molar-refractivity contribution in [1.82, 2.24) is 5.48 Å². The van der Waals surface area contributed by atoms with Crippen molar-refractivity contribution in [3.63, 3.8) is 0 Å². The Kier molecular flexibility index (Phi) is 4.05. The minimum absolute atomic E-state index is 0.104. The molecule has 3 nitrogen and oxygen atoms in total. The van der Waals surface area contributed by atoms with Crippen LogP contribution in [0.25, 0.3) is 0 Å². The number of rotatable bonds is 5. The molecule has 0 heterocycles. The second-order valence-electron chi connectivity index (χ2n) is 2.24. The van der Waals surface area contributed by atoms with E-state index in [9.17, 15) is 4.79 Å². The summed E-state index contributed by atoms with van der Waals surface area (Å²) in [4.78, 5) is 14.7. The molecule has 0 aliphatic rings. The monoisotopic (exact) mass is 164 g/mol. The summed E-state index contributed by atoms with van der Waals surface area (Å²) in [5.74, 6) is 0. The molecule has 0 aliphatic carbocycles. The van der Waals surface area contributed by atoms with Gasteiger partial charge >= 0.3 is 0 Å². The van der Waals surface area contributed by atoms with Crippen molar-refractivity contribution < 1.29 is 9.63 Å². The molecule has 0 unspecified atom stereocenters. The minimum atomic E-state index is 0.104. The Bertz CT molecular complexity index is 223. The molecular formula is C9H10NO2. The fourth-order valence-corrected chi connectivity index (χ4v) is 0.789. The zero-order valence-corrected chi connectivity index (χ0v) is 6.62. The lowest BCUT2D eigenvalue weighted by molar-refractivity contribution is 0.0373. The molecule has 0 fully saturated rings. The first-order valence-corrected chi connectivity index (χ1v) is 3.67. The van der Waals surface area contributed by atoms with Crippen molar-refractivity contribution in [2.45, 2.75) is 6.61 Å². The molecule has 1 aromatic carbocycles. The van der Waals surface area contributed by atoms with E-state index in [-0.39, 0.29) is 6.54 Å². The Morgan fingerprint density at radius 3 is 2.75 bits per heavy atom. The van der Waals surface area contributed by atoms with E-state index in [1.54, 1.807) is 6.29 Å². The predicted molar refractivity (Wildman–Crippen MR) is 44.9 cm³/mol. The summed E-state index contributed by atoms with van der Waals surface area (Å²) in [7, 11) is 0. The van der Waals surface area contributed by atoms with Gasteiger partial charge < -0.3 is 0 Å². The molecular weight excluding hydrogens is 154 g/mol. The molecule has 3 heteroatoms. The van der Waals surface area contributed by atoms with Crippen LogP contribution in [0.4, 0.5) is 0 Å². The molecule has 1 aromatic rings. The van der Waals surface area contributed by atoms with Crippen LogP contribution in [0.1, 0.15) is 5.56 Å². The predicted octanol–water partition coefficient (Wildman–Crippen LogP) is 0.817. The van der Waals surface area contributed by atoms with Gasteiger partial charge in [0.1, 0.15) is 0 Å². The lowest BCUT2D eigenvalue weighted by atomic mass is 10.2. The normalized spacial score (nSPS) is 9.67. The van der Waals surface area contributed by atoms with E-state index in [4.69, 9.17) is 4.84 Å². The van der Waals surface area contributed by atoms with Crippen LogP contribution in [0.5, 0.6) is 0 Å². The number of hydrogen-bond acceptors (Lipinski definition) is 3. The van der Waals surface area contributed by atoms with Crippen molar-refractivity contribution in [2.75, 3.05) is 6.54 Å². The average Bonchev–Trinajstić information content (AvgIpc) is 2.14. The van der Waals surface area contributed by atoms with Crippen LogP contribution in [0.3, 0.4) is 0 Å². The lowest BCUT2D eigenvalue weighted by Gasteiger charge is -2.01. The van der Waals surface area contributed by atoms with Gasteiger partial charge in [0, 0.05) is 0 Å². The van der Waals surface area contributed by atoms with E-state index in [0.29, 0.717) is 6.61 Å². The smallest absolute Gasteiger partial charge is 0.215 e. The quantitative estimate of drug-likeness (QED) is 0.517. The summed E-state index contributed by atoms with van der Waals surface area (Å²) in [6.07, 6.45) is 1.67. The molecule has 1 rings (SSSR count). The Morgan fingerprint density at radius 1 is 1.33 bits per heavy atom. The average molecular weight is 164 g/mol. The van der Waals surface area contributed by atoms with Gasteiger partial charge in [-0.3, -0.25) is 9.63 Å². The molecule has 1 N–H and O–H groups in total. The van der Waals surface area contributed by atoms with E-state index < -0.39 is 0 Å². The maximum Gasteiger partial charge on any atom is 0.215 e. The van der Waals surface area contributed by atoms with Gasteiger partial charge in [-0.1, -0.05) is 30.3 Å². The third kappa shape index (κ3) is 3.27. The highest BCUT2D eigenvalue weighted by Crippen LogP contribution is 1.98. The lowest BCUT2D eigenvalue weighted by Crippen LogP contribution is -2.16. The molecule has 0 bridgehead atoms. The summed E-state index contributed by atoms with van der Waals surface area (Å²) in [5.41, 5.74) is 3.53. The minimum Gasteiger partial charge on any atom is -0.297 e. The van der Waals surface area contributed by atoms with Crippen LogP contribution in [-0.2, 0) is 16.2 Å². The maximum absolute atomic E-state index is 9.75. The summed E-state index contributed by atoms with van der Waals surface area (Å²) in [5, 5.41) is 0. The fourth-order valence-electron chi connectivity index (χ4n) is 0.789. The Balaban J connectivity index is 2.20. The molecule has 0 spiro atoms. The molecule has 1 radical (unpaired) electrons. The van der Waals surface area contributed by atoms with Crippen molar-refractivity contribution in [3.05, 3.63) is 35.9 Å². The molecule has 12 heavy (non-hydrogen) atoms. The van der Waals surface area contributed by atoms with Crippen LogP contribution < -0.4 is 5.48 Å². The van der Waals surface area contributed by atoms with Crippen molar-refractivity contribution in [1.29, 1.82) is 0 Å². The largest absolute Gasteiger partial charge is 0.297 e. The Hall–Kier alpha value is -1.19. The second-order valence-corrected chi connectivity index (χ2v) is 2.24. The number of hydroxylamine groups is 1. The molecule has 0 saturated carbocycles. The van der Waals surface area contributed by atoms with Gasteiger partial charge in [-0.2, -0.15) is 5.48 Å². The second kappa shape index (κ2) is 5.46. The third-order valence-electron chi connectivity index (χ3n) is 1.33. The van der Waals surface area contributed by atoms with Crippen molar-refractivity contribution >= 4 is 6.29 Å². The van der Waals surface area contributed by atoms with Crippen LogP contribution in [0.2, 0.25) is 0 Å². The van der Waals surface area contributed by atoms with E-state index >= 15 is 0 Å². The Labute approximate surface area is 71.3 Å². The molecule has 0 saturated heterocycles. The summed E-state index contributed by atoms with van der Waals surface area (Å²) in [6, 6.07) is 9.71. The molecule has 0 aromatic heterocycles. The first-order chi connectivity index (χ1) is 5.93. The standard InChI is InChI=1S/C9H10NO2/c11-7-6-10-12-8-9-4-2-1-3-5-9/h1-5,10H,6,8H2. The summed E-state index contributed by atoms with van der Waals surface area (Å²) in [6.45, 7) is 0.565. The van der Waals surface area contributed by atoms with E-state index in [1.165, 1.54) is 0 Å². The highest BCUT2D eigenvalue weighted by atomic mass is 16.6. The van der Waals surface area contributed by atoms with Gasteiger partial charge in [-0.25, -0.2) is 0 Å². The van der Waals surface area contributed by atoms with E-state index in [2.05, 4.69) is 5.48 Å². The SMILES string of the molecule is O=[C]CNOCc1ccccc1. The Morgan fingerprint density at radius 2 is 2.08 bits per heavy atom. The maximum atomic E-state index is 9.75. The van der Waals surface area contributed by atoms with E-state index in [1.807, 2.05) is 30.3 Å². The van der Waals surface area contributed by atoms with Crippen LogP contribution >= 0.6 is 0 Å². The third-order valence-corrected chi connectivity index (χ3v) is 1.33. The molecule has 0 atom stereocenters. The molecule has 0 aliphatic heterocycles.